The van der Waals surface area contributed by atoms with Crippen molar-refractivity contribution in [1.29, 1.82) is 0 Å². The summed E-state index contributed by atoms with van der Waals surface area (Å²) in [6.07, 6.45) is 1.42. The van der Waals surface area contributed by atoms with Crippen LogP contribution in [0.25, 0.3) is 10.9 Å². The van der Waals surface area contributed by atoms with Crippen LogP contribution in [0.1, 0.15) is 10.4 Å². The number of nitrogens with two attached hydrogens (primary N) is 1. The fourth-order valence-corrected chi connectivity index (χ4v) is 1.87. The lowest BCUT2D eigenvalue weighted by atomic mass is 10.1. The molecule has 1 heterocycles. The molecule has 0 aliphatic carbocycles. The number of hydrazine groups is 1. The van der Waals surface area contributed by atoms with Gasteiger partial charge in [-0.2, -0.15) is 0 Å². The first-order valence-corrected chi connectivity index (χ1v) is 4.90. The van der Waals surface area contributed by atoms with Gasteiger partial charge in [0.25, 0.3) is 5.91 Å². The number of hydrogen-bond acceptors (Lipinski definition) is 2. The molecule has 1 aromatic heterocycles. The van der Waals surface area contributed by atoms with Crippen molar-refractivity contribution in [3.63, 3.8) is 0 Å². The number of benzene rings is 1. The van der Waals surface area contributed by atoms with E-state index < -0.39 is 11.7 Å². The molecule has 0 saturated heterocycles. The Bertz CT molecular complexity index is 537. The number of aromatic amines is 1. The topological polar surface area (TPSA) is 70.9 Å². The van der Waals surface area contributed by atoms with Crippen molar-refractivity contribution < 1.29 is 9.18 Å². The summed E-state index contributed by atoms with van der Waals surface area (Å²) in [5, 5.41) is 0.237. The predicted molar refractivity (Wildman–Crippen MR) is 57.6 cm³/mol. The summed E-state index contributed by atoms with van der Waals surface area (Å²) < 4.78 is 14.2. The van der Waals surface area contributed by atoms with Gasteiger partial charge >= 0.3 is 0 Å². The minimum atomic E-state index is -0.525. The van der Waals surface area contributed by atoms with E-state index in [0.717, 1.165) is 0 Å². The van der Waals surface area contributed by atoms with Crippen molar-refractivity contribution in [2.75, 3.05) is 0 Å². The lowest BCUT2D eigenvalue weighted by Crippen LogP contribution is -2.29. The third kappa shape index (κ3) is 1.62. The molecule has 6 heteroatoms. The molecule has 0 atom stereocenters. The first-order valence-electron chi connectivity index (χ1n) is 4.10. The number of carbonyl (C=O) groups excluding carboxylic acids is 1. The summed E-state index contributed by atoms with van der Waals surface area (Å²) in [6, 6.07) is 2.98. The quantitative estimate of drug-likeness (QED) is 0.420. The zero-order valence-electron chi connectivity index (χ0n) is 7.47. The highest BCUT2D eigenvalue weighted by Gasteiger charge is 2.14. The van der Waals surface area contributed by atoms with Crippen molar-refractivity contribution in [2.24, 2.45) is 5.84 Å². The summed E-state index contributed by atoms with van der Waals surface area (Å²) in [6.45, 7) is 0. The Hall–Kier alpha value is -1.40. The monoisotopic (exact) mass is 271 g/mol. The number of rotatable bonds is 1. The van der Waals surface area contributed by atoms with Crippen LogP contribution in [0.2, 0.25) is 0 Å². The minimum absolute atomic E-state index is 0.192. The van der Waals surface area contributed by atoms with E-state index in [1.54, 1.807) is 6.07 Å². The smallest absolute Gasteiger partial charge is 0.267 e. The number of fused-ring (bicyclic) bond motifs is 1. The van der Waals surface area contributed by atoms with E-state index in [1.165, 1.54) is 12.3 Å². The van der Waals surface area contributed by atoms with Gasteiger partial charge in [-0.1, -0.05) is 15.9 Å². The highest BCUT2D eigenvalue weighted by molar-refractivity contribution is 9.10. The lowest BCUT2D eigenvalue weighted by molar-refractivity contribution is 0.0955. The van der Waals surface area contributed by atoms with Crippen LogP contribution in [0.3, 0.4) is 0 Å². The fraction of sp³-hybridized carbons (Fsp3) is 0. The molecular formula is C9H7BrFN3O. The Balaban J connectivity index is 2.74. The number of nitrogens with one attached hydrogen (secondary N) is 2. The zero-order chi connectivity index (χ0) is 11.0. The van der Waals surface area contributed by atoms with E-state index in [0.29, 0.717) is 9.99 Å². The Morgan fingerprint density at radius 2 is 2.27 bits per heavy atom. The zero-order valence-corrected chi connectivity index (χ0v) is 9.06. The Morgan fingerprint density at radius 3 is 2.93 bits per heavy atom. The van der Waals surface area contributed by atoms with Gasteiger partial charge in [0, 0.05) is 16.1 Å². The van der Waals surface area contributed by atoms with Gasteiger partial charge in [-0.25, -0.2) is 10.2 Å². The molecule has 15 heavy (non-hydrogen) atoms. The first-order chi connectivity index (χ1) is 7.13. The Kier molecular flexibility index (Phi) is 2.45. The van der Waals surface area contributed by atoms with Crippen LogP contribution in [-0.2, 0) is 0 Å². The van der Waals surface area contributed by atoms with Crippen LogP contribution in [0.4, 0.5) is 4.39 Å². The van der Waals surface area contributed by atoms with Crippen LogP contribution >= 0.6 is 15.9 Å². The van der Waals surface area contributed by atoms with E-state index >= 15 is 0 Å². The number of halogens is 2. The summed E-state index contributed by atoms with van der Waals surface area (Å²) >= 11 is 3.16. The predicted octanol–water partition coefficient (Wildman–Crippen LogP) is 1.67. The van der Waals surface area contributed by atoms with Gasteiger partial charge in [-0.05, 0) is 12.1 Å². The van der Waals surface area contributed by atoms with Gasteiger partial charge in [0.05, 0.1) is 11.1 Å². The summed E-state index contributed by atoms with van der Waals surface area (Å²) in [7, 11) is 0. The van der Waals surface area contributed by atoms with Crippen LogP contribution in [0, 0.1) is 5.82 Å². The molecule has 2 rings (SSSR count). The molecule has 1 aromatic carbocycles. The van der Waals surface area contributed by atoms with E-state index in [-0.39, 0.29) is 10.9 Å². The molecule has 0 spiro atoms. The molecule has 1 amide bonds. The highest BCUT2D eigenvalue weighted by atomic mass is 79.9. The summed E-state index contributed by atoms with van der Waals surface area (Å²) in [5.41, 5.74) is 2.70. The van der Waals surface area contributed by atoms with Crippen molar-refractivity contribution in [3.8, 4) is 0 Å². The second-order valence-electron chi connectivity index (χ2n) is 2.99. The molecule has 0 aliphatic rings. The van der Waals surface area contributed by atoms with Crippen LogP contribution < -0.4 is 11.3 Å². The molecule has 0 saturated carbocycles. The molecule has 2 aromatic rings. The highest BCUT2D eigenvalue weighted by Crippen LogP contribution is 2.25. The standard InChI is InChI=1S/C9H7BrFN3O/c10-4-1-6(11)8-5(9(15)14-12)3-13-7(8)2-4/h1-3,13H,12H2,(H,14,15). The van der Waals surface area contributed by atoms with E-state index in [2.05, 4.69) is 20.9 Å². The average Bonchev–Trinajstić information content (AvgIpc) is 2.60. The van der Waals surface area contributed by atoms with Crippen LogP contribution in [0.15, 0.2) is 22.8 Å². The fourth-order valence-electron chi connectivity index (χ4n) is 1.44. The second-order valence-corrected chi connectivity index (χ2v) is 3.90. The van der Waals surface area contributed by atoms with Gasteiger partial charge in [0.1, 0.15) is 5.82 Å². The Labute approximate surface area is 92.7 Å². The van der Waals surface area contributed by atoms with E-state index in [4.69, 9.17) is 5.84 Å². The summed E-state index contributed by atoms with van der Waals surface area (Å²) in [4.78, 5) is 14.1. The number of amides is 1. The van der Waals surface area contributed by atoms with Gasteiger partial charge in [-0.15, -0.1) is 0 Å². The molecule has 4 N–H and O–H groups in total. The third-order valence-corrected chi connectivity index (χ3v) is 2.53. The van der Waals surface area contributed by atoms with Crippen molar-refractivity contribution in [2.45, 2.75) is 0 Å². The summed E-state index contributed by atoms with van der Waals surface area (Å²) in [5.74, 6) is 3.99. The maximum Gasteiger partial charge on any atom is 0.267 e. The number of hydrogen-bond donors (Lipinski definition) is 3. The molecule has 78 valence electrons. The van der Waals surface area contributed by atoms with E-state index in [1.807, 2.05) is 5.43 Å². The SMILES string of the molecule is NNC(=O)c1c[nH]c2cc(Br)cc(F)c12. The van der Waals surface area contributed by atoms with Gasteiger partial charge in [-0.3, -0.25) is 10.2 Å². The number of aromatic nitrogens is 1. The number of carbonyl (C=O) groups is 1. The molecule has 0 fully saturated rings. The van der Waals surface area contributed by atoms with Crippen molar-refractivity contribution in [3.05, 3.63) is 34.2 Å². The average molecular weight is 272 g/mol. The maximum atomic E-state index is 13.6. The normalized spacial score (nSPS) is 10.6. The second kappa shape index (κ2) is 3.63. The molecule has 0 radical (unpaired) electrons. The molecule has 0 bridgehead atoms. The van der Waals surface area contributed by atoms with Gasteiger partial charge < -0.3 is 4.98 Å². The first kappa shape index (κ1) is 10.1. The molecular weight excluding hydrogens is 265 g/mol. The number of nitrogen functional groups attached to an aromatic ring is 1. The van der Waals surface area contributed by atoms with E-state index in [9.17, 15) is 9.18 Å². The Morgan fingerprint density at radius 1 is 1.53 bits per heavy atom. The minimum Gasteiger partial charge on any atom is -0.360 e. The third-order valence-electron chi connectivity index (χ3n) is 2.07. The maximum absolute atomic E-state index is 13.6. The molecule has 4 nitrogen and oxygen atoms in total. The van der Waals surface area contributed by atoms with Crippen molar-refractivity contribution in [1.82, 2.24) is 10.4 Å². The molecule has 0 aliphatic heterocycles. The lowest BCUT2D eigenvalue weighted by Gasteiger charge is -1.99. The number of H-pyrrole nitrogens is 1. The molecule has 0 unspecified atom stereocenters. The van der Waals surface area contributed by atoms with Crippen molar-refractivity contribution >= 4 is 32.7 Å². The van der Waals surface area contributed by atoms with Gasteiger partial charge in [0.15, 0.2) is 0 Å². The van der Waals surface area contributed by atoms with Crippen LogP contribution in [-0.4, -0.2) is 10.9 Å². The van der Waals surface area contributed by atoms with Gasteiger partial charge in [0.2, 0.25) is 0 Å². The van der Waals surface area contributed by atoms with Crippen LogP contribution in [0.5, 0.6) is 0 Å². The largest absolute Gasteiger partial charge is 0.360 e.